The number of nitrogens with zero attached hydrogens (tertiary/aromatic N) is 1. The Balaban J connectivity index is 2.77. The number of aromatic nitrogens is 2. The third-order valence-electron chi connectivity index (χ3n) is 1.80. The first kappa shape index (κ1) is 11.2. The van der Waals surface area contributed by atoms with Gasteiger partial charge < -0.3 is 5.11 Å². The maximum atomic E-state index is 11.5. The van der Waals surface area contributed by atoms with Crippen LogP contribution in [-0.2, 0) is 10.0 Å². The molecule has 80 valence electrons. The van der Waals surface area contributed by atoms with E-state index in [1.54, 1.807) is 6.92 Å². The first-order valence-corrected chi connectivity index (χ1v) is 5.71. The summed E-state index contributed by atoms with van der Waals surface area (Å²) in [5.74, 6) is 0. The molecule has 0 saturated heterocycles. The number of hydrogen-bond acceptors (Lipinski definition) is 4. The molecule has 0 radical (unpaired) electrons. The van der Waals surface area contributed by atoms with Crippen LogP contribution in [0.25, 0.3) is 0 Å². The molecule has 0 unspecified atom stereocenters. The summed E-state index contributed by atoms with van der Waals surface area (Å²) in [6.07, 6.45) is 1.89. The van der Waals surface area contributed by atoms with Gasteiger partial charge in [-0.1, -0.05) is 6.92 Å². The highest BCUT2D eigenvalue weighted by Crippen LogP contribution is 2.04. The van der Waals surface area contributed by atoms with Crippen molar-refractivity contribution in [1.29, 1.82) is 0 Å². The van der Waals surface area contributed by atoms with Crippen LogP contribution >= 0.6 is 0 Å². The van der Waals surface area contributed by atoms with Crippen LogP contribution in [0, 0.1) is 0 Å². The van der Waals surface area contributed by atoms with Crippen LogP contribution in [0.1, 0.15) is 13.3 Å². The van der Waals surface area contributed by atoms with Gasteiger partial charge in [0, 0.05) is 6.04 Å². The fourth-order valence-corrected chi connectivity index (χ4v) is 2.15. The second-order valence-corrected chi connectivity index (χ2v) is 4.51. The lowest BCUT2D eigenvalue weighted by Gasteiger charge is -2.12. The van der Waals surface area contributed by atoms with Crippen molar-refractivity contribution in [2.45, 2.75) is 24.4 Å². The van der Waals surface area contributed by atoms with Gasteiger partial charge in [-0.15, -0.1) is 0 Å². The number of sulfonamides is 1. The van der Waals surface area contributed by atoms with Gasteiger partial charge in [0.2, 0.25) is 0 Å². The van der Waals surface area contributed by atoms with Crippen molar-refractivity contribution < 1.29 is 13.5 Å². The van der Waals surface area contributed by atoms with E-state index in [9.17, 15) is 8.42 Å². The van der Waals surface area contributed by atoms with Crippen molar-refractivity contribution in [3.63, 3.8) is 0 Å². The molecule has 0 amide bonds. The molecule has 1 heterocycles. The minimum absolute atomic E-state index is 0.00407. The van der Waals surface area contributed by atoms with Gasteiger partial charge in [0.15, 0.2) is 5.03 Å². The predicted octanol–water partition coefficient (Wildman–Crippen LogP) is -0.541. The molecule has 0 saturated carbocycles. The maximum Gasteiger partial charge on any atom is 0.257 e. The van der Waals surface area contributed by atoms with E-state index in [0.29, 0.717) is 6.42 Å². The monoisotopic (exact) mass is 219 g/mol. The lowest BCUT2D eigenvalue weighted by molar-refractivity contribution is 0.253. The zero-order valence-corrected chi connectivity index (χ0v) is 8.58. The van der Waals surface area contributed by atoms with Gasteiger partial charge in [0.05, 0.1) is 12.8 Å². The largest absolute Gasteiger partial charge is 0.395 e. The van der Waals surface area contributed by atoms with Crippen molar-refractivity contribution in [2.24, 2.45) is 0 Å². The second kappa shape index (κ2) is 4.54. The summed E-state index contributed by atoms with van der Waals surface area (Å²) in [7, 11) is -3.57. The summed E-state index contributed by atoms with van der Waals surface area (Å²) in [6, 6.07) is 0.898. The van der Waals surface area contributed by atoms with Gasteiger partial charge in [0.1, 0.15) is 0 Å². The minimum Gasteiger partial charge on any atom is -0.395 e. The van der Waals surface area contributed by atoms with Crippen LogP contribution in [0.2, 0.25) is 0 Å². The molecule has 1 atom stereocenters. The number of aliphatic hydroxyl groups is 1. The molecule has 14 heavy (non-hydrogen) atoms. The van der Waals surface area contributed by atoms with Crippen molar-refractivity contribution in [1.82, 2.24) is 14.9 Å². The molecule has 0 spiro atoms. The van der Waals surface area contributed by atoms with Gasteiger partial charge in [-0.3, -0.25) is 5.10 Å². The number of aliphatic hydroxyl groups excluding tert-OH is 1. The van der Waals surface area contributed by atoms with Crippen LogP contribution in [0.4, 0.5) is 0 Å². The third-order valence-corrected chi connectivity index (χ3v) is 3.25. The Kier molecular flexibility index (Phi) is 3.62. The number of rotatable bonds is 5. The van der Waals surface area contributed by atoms with Gasteiger partial charge in [-0.25, -0.2) is 13.1 Å². The van der Waals surface area contributed by atoms with E-state index in [4.69, 9.17) is 5.11 Å². The average molecular weight is 219 g/mol. The molecule has 1 aromatic heterocycles. The predicted molar refractivity (Wildman–Crippen MR) is 50.1 cm³/mol. The van der Waals surface area contributed by atoms with E-state index in [1.165, 1.54) is 12.3 Å². The quantitative estimate of drug-likeness (QED) is 0.619. The molecule has 7 heteroatoms. The van der Waals surface area contributed by atoms with Gasteiger partial charge in [-0.2, -0.15) is 5.10 Å². The zero-order chi connectivity index (χ0) is 10.6. The summed E-state index contributed by atoms with van der Waals surface area (Å²) in [6.45, 7) is 1.57. The van der Waals surface area contributed by atoms with Crippen LogP contribution in [0.5, 0.6) is 0 Å². The molecule has 6 nitrogen and oxygen atoms in total. The summed E-state index contributed by atoms with van der Waals surface area (Å²) >= 11 is 0. The molecule has 1 aromatic rings. The molecular weight excluding hydrogens is 206 g/mol. The van der Waals surface area contributed by atoms with E-state index >= 15 is 0 Å². The molecule has 0 aliphatic heterocycles. The molecule has 0 aliphatic rings. The van der Waals surface area contributed by atoms with E-state index in [1.807, 2.05) is 0 Å². The molecule has 3 N–H and O–H groups in total. The Morgan fingerprint density at radius 3 is 2.86 bits per heavy atom. The number of hydrogen-bond donors (Lipinski definition) is 3. The van der Waals surface area contributed by atoms with Crippen LogP contribution in [0.15, 0.2) is 17.3 Å². The maximum absolute atomic E-state index is 11.5. The Morgan fingerprint density at radius 2 is 2.43 bits per heavy atom. The Bertz CT molecular complexity index is 356. The highest BCUT2D eigenvalue weighted by atomic mass is 32.2. The Labute approximate surface area is 82.4 Å². The van der Waals surface area contributed by atoms with Crippen LogP contribution in [-0.4, -0.2) is 36.4 Å². The van der Waals surface area contributed by atoms with E-state index in [-0.39, 0.29) is 11.6 Å². The van der Waals surface area contributed by atoms with Crippen molar-refractivity contribution in [3.05, 3.63) is 12.3 Å². The zero-order valence-electron chi connectivity index (χ0n) is 7.77. The summed E-state index contributed by atoms with van der Waals surface area (Å²) in [5.41, 5.74) is 0. The number of aromatic amines is 1. The van der Waals surface area contributed by atoms with E-state index in [2.05, 4.69) is 14.9 Å². The Morgan fingerprint density at radius 1 is 1.71 bits per heavy atom. The smallest absolute Gasteiger partial charge is 0.257 e. The highest BCUT2D eigenvalue weighted by molar-refractivity contribution is 7.89. The van der Waals surface area contributed by atoms with Gasteiger partial charge in [-0.05, 0) is 12.5 Å². The normalized spacial score (nSPS) is 14.1. The van der Waals surface area contributed by atoms with Crippen molar-refractivity contribution in [2.75, 3.05) is 6.61 Å². The molecule has 0 bridgehead atoms. The van der Waals surface area contributed by atoms with Gasteiger partial charge in [0.25, 0.3) is 10.0 Å². The van der Waals surface area contributed by atoms with E-state index in [0.717, 1.165) is 0 Å². The Hall–Kier alpha value is -0.920. The first-order valence-electron chi connectivity index (χ1n) is 4.22. The minimum atomic E-state index is -3.57. The topological polar surface area (TPSA) is 95.1 Å². The summed E-state index contributed by atoms with van der Waals surface area (Å²) < 4.78 is 25.4. The highest BCUT2D eigenvalue weighted by Gasteiger charge is 2.19. The molecule has 1 rings (SSSR count). The SMILES string of the molecule is CC[C@@H](CO)NS(=O)(=O)c1ccn[nH]1. The van der Waals surface area contributed by atoms with Crippen molar-refractivity contribution in [3.8, 4) is 0 Å². The third kappa shape index (κ3) is 2.53. The second-order valence-electron chi connectivity index (χ2n) is 2.83. The number of nitrogens with one attached hydrogen (secondary N) is 2. The molecule has 0 fully saturated rings. The fourth-order valence-electron chi connectivity index (χ4n) is 0.925. The summed E-state index contributed by atoms with van der Waals surface area (Å²) in [5, 5.41) is 14.7. The first-order chi connectivity index (χ1) is 6.60. The average Bonchev–Trinajstić information content (AvgIpc) is 2.67. The lowest BCUT2D eigenvalue weighted by Crippen LogP contribution is -2.37. The van der Waals surface area contributed by atoms with Crippen LogP contribution in [0.3, 0.4) is 0 Å². The standard InChI is InChI=1S/C7H13N3O3S/c1-2-6(5-11)10-14(12,13)7-3-4-8-9-7/h3-4,6,10-11H,2,5H2,1H3,(H,8,9)/t6-/m0/s1. The fraction of sp³-hybridized carbons (Fsp3) is 0.571. The van der Waals surface area contributed by atoms with Gasteiger partial charge >= 0.3 is 0 Å². The summed E-state index contributed by atoms with van der Waals surface area (Å²) in [4.78, 5) is 0. The lowest BCUT2D eigenvalue weighted by atomic mass is 10.3. The molecule has 0 aliphatic carbocycles. The molecular formula is C7H13N3O3S. The molecule has 0 aromatic carbocycles. The van der Waals surface area contributed by atoms with Crippen molar-refractivity contribution >= 4 is 10.0 Å². The van der Waals surface area contributed by atoms with Crippen LogP contribution < -0.4 is 4.72 Å². The van der Waals surface area contributed by atoms with E-state index < -0.39 is 16.1 Å². The number of H-pyrrole nitrogens is 1.